The molecule has 0 spiro atoms. The maximum atomic E-state index is 9.00. The van der Waals surface area contributed by atoms with Crippen LogP contribution in [0.5, 0.6) is 0 Å². The SMILES string of the molecule is CC1(C)OB(c2cccc3nc(C#N)sc23)OC1(C)C. The van der Waals surface area contributed by atoms with Crippen LogP contribution in [-0.4, -0.2) is 23.3 Å². The molecule has 0 atom stereocenters. The zero-order valence-corrected chi connectivity index (χ0v) is 12.7. The number of thiazole rings is 1. The molecule has 1 aliphatic heterocycles. The first-order valence-corrected chi connectivity index (χ1v) is 7.31. The van der Waals surface area contributed by atoms with Crippen molar-refractivity contribution < 1.29 is 9.31 Å². The standard InChI is InChI=1S/C14H15BN2O2S/c1-13(2)14(3,4)19-15(18-13)9-6-5-7-10-12(9)20-11(8-16)17-10/h5-7H,1-4H3. The molecule has 0 aliphatic carbocycles. The lowest BCUT2D eigenvalue weighted by Crippen LogP contribution is -2.41. The Morgan fingerprint density at radius 2 is 1.85 bits per heavy atom. The second kappa shape index (κ2) is 4.29. The predicted molar refractivity (Wildman–Crippen MR) is 80.1 cm³/mol. The van der Waals surface area contributed by atoms with Crippen molar-refractivity contribution in [3.63, 3.8) is 0 Å². The molecule has 6 heteroatoms. The van der Waals surface area contributed by atoms with Gasteiger partial charge in [0.15, 0.2) is 5.01 Å². The summed E-state index contributed by atoms with van der Waals surface area (Å²) < 4.78 is 13.1. The van der Waals surface area contributed by atoms with Gasteiger partial charge in [0.05, 0.1) is 21.4 Å². The van der Waals surface area contributed by atoms with Gasteiger partial charge in [0.1, 0.15) is 6.07 Å². The van der Waals surface area contributed by atoms with E-state index in [0.717, 1.165) is 15.7 Å². The van der Waals surface area contributed by atoms with Crippen LogP contribution in [0.2, 0.25) is 0 Å². The average molecular weight is 286 g/mol. The third-order valence-electron chi connectivity index (χ3n) is 4.05. The van der Waals surface area contributed by atoms with Gasteiger partial charge in [0.2, 0.25) is 0 Å². The van der Waals surface area contributed by atoms with E-state index in [1.54, 1.807) is 0 Å². The van der Waals surface area contributed by atoms with Gasteiger partial charge in [-0.15, -0.1) is 11.3 Å². The quantitative estimate of drug-likeness (QED) is 0.756. The average Bonchev–Trinajstić information content (AvgIpc) is 2.87. The van der Waals surface area contributed by atoms with Crippen LogP contribution in [0, 0.1) is 11.3 Å². The number of benzene rings is 1. The summed E-state index contributed by atoms with van der Waals surface area (Å²) in [7, 11) is -0.421. The third-order valence-corrected chi connectivity index (χ3v) is 5.07. The maximum Gasteiger partial charge on any atom is 0.496 e. The molecule has 3 rings (SSSR count). The van der Waals surface area contributed by atoms with Crippen molar-refractivity contribution >= 4 is 34.1 Å². The van der Waals surface area contributed by atoms with E-state index >= 15 is 0 Å². The minimum atomic E-state index is -0.421. The molecule has 0 N–H and O–H groups in total. The van der Waals surface area contributed by atoms with Crippen LogP contribution >= 0.6 is 11.3 Å². The molecule has 2 heterocycles. The van der Waals surface area contributed by atoms with E-state index in [9.17, 15) is 0 Å². The lowest BCUT2D eigenvalue weighted by atomic mass is 9.79. The van der Waals surface area contributed by atoms with E-state index in [0.29, 0.717) is 5.01 Å². The van der Waals surface area contributed by atoms with Crippen molar-refractivity contribution in [1.82, 2.24) is 4.98 Å². The number of hydrogen-bond acceptors (Lipinski definition) is 5. The Morgan fingerprint density at radius 3 is 2.45 bits per heavy atom. The van der Waals surface area contributed by atoms with E-state index in [-0.39, 0.29) is 11.2 Å². The van der Waals surface area contributed by atoms with E-state index in [2.05, 4.69) is 11.1 Å². The molecular weight excluding hydrogens is 271 g/mol. The monoisotopic (exact) mass is 286 g/mol. The van der Waals surface area contributed by atoms with Crippen molar-refractivity contribution in [3.8, 4) is 6.07 Å². The van der Waals surface area contributed by atoms with Gasteiger partial charge in [-0.3, -0.25) is 0 Å². The molecule has 0 radical (unpaired) electrons. The molecule has 0 bridgehead atoms. The maximum absolute atomic E-state index is 9.00. The number of rotatable bonds is 1. The summed E-state index contributed by atoms with van der Waals surface area (Å²) in [6, 6.07) is 7.89. The van der Waals surface area contributed by atoms with Crippen molar-refractivity contribution in [2.45, 2.75) is 38.9 Å². The molecular formula is C14H15BN2O2S. The number of hydrogen-bond donors (Lipinski definition) is 0. The highest BCUT2D eigenvalue weighted by Gasteiger charge is 2.52. The molecule has 1 aromatic carbocycles. The van der Waals surface area contributed by atoms with Crippen molar-refractivity contribution in [2.24, 2.45) is 0 Å². The van der Waals surface area contributed by atoms with Gasteiger partial charge in [-0.2, -0.15) is 5.26 Å². The van der Waals surface area contributed by atoms with Crippen LogP contribution in [0.1, 0.15) is 32.7 Å². The fraction of sp³-hybridized carbons (Fsp3) is 0.429. The van der Waals surface area contributed by atoms with Gasteiger partial charge in [-0.1, -0.05) is 12.1 Å². The molecule has 102 valence electrons. The molecule has 0 saturated carbocycles. The highest BCUT2D eigenvalue weighted by molar-refractivity contribution is 7.20. The Hall–Kier alpha value is -1.42. The first kappa shape index (κ1) is 13.6. The van der Waals surface area contributed by atoms with Crippen LogP contribution in [0.3, 0.4) is 0 Å². The summed E-state index contributed by atoms with van der Waals surface area (Å²) in [6.07, 6.45) is 0. The van der Waals surface area contributed by atoms with E-state index in [1.807, 2.05) is 45.9 Å². The number of nitrogens with zero attached hydrogens (tertiary/aromatic N) is 2. The minimum Gasteiger partial charge on any atom is -0.399 e. The second-order valence-electron chi connectivity index (χ2n) is 5.91. The summed E-state index contributed by atoms with van der Waals surface area (Å²) in [6.45, 7) is 8.11. The van der Waals surface area contributed by atoms with Gasteiger partial charge < -0.3 is 9.31 Å². The summed E-state index contributed by atoms with van der Waals surface area (Å²) >= 11 is 1.38. The number of fused-ring (bicyclic) bond motifs is 1. The summed E-state index contributed by atoms with van der Waals surface area (Å²) in [5, 5.41) is 9.46. The molecule has 1 fully saturated rings. The molecule has 4 nitrogen and oxygen atoms in total. The molecule has 0 amide bonds. The third kappa shape index (κ3) is 1.94. The first-order chi connectivity index (χ1) is 9.34. The van der Waals surface area contributed by atoms with E-state index in [4.69, 9.17) is 14.6 Å². The summed E-state index contributed by atoms with van der Waals surface area (Å²) in [5.41, 5.74) is 1.02. The van der Waals surface area contributed by atoms with Crippen LogP contribution in [0.4, 0.5) is 0 Å². The normalized spacial score (nSPS) is 20.2. The molecule has 1 aromatic heterocycles. The molecule has 20 heavy (non-hydrogen) atoms. The minimum absolute atomic E-state index is 0.372. The van der Waals surface area contributed by atoms with E-state index in [1.165, 1.54) is 11.3 Å². The molecule has 1 aliphatic rings. The Bertz CT molecular complexity index is 702. The lowest BCUT2D eigenvalue weighted by Gasteiger charge is -2.32. The predicted octanol–water partition coefficient (Wildman–Crippen LogP) is 2.47. The van der Waals surface area contributed by atoms with Crippen LogP contribution in [0.25, 0.3) is 10.2 Å². The zero-order chi connectivity index (χ0) is 14.5. The van der Waals surface area contributed by atoms with Crippen LogP contribution in [-0.2, 0) is 9.31 Å². The van der Waals surface area contributed by atoms with Crippen LogP contribution in [0.15, 0.2) is 18.2 Å². The highest BCUT2D eigenvalue weighted by Crippen LogP contribution is 2.37. The Balaban J connectivity index is 2.08. The molecule has 0 unspecified atom stereocenters. The number of nitriles is 1. The largest absolute Gasteiger partial charge is 0.496 e. The van der Waals surface area contributed by atoms with Gasteiger partial charge >= 0.3 is 7.12 Å². The zero-order valence-electron chi connectivity index (χ0n) is 11.9. The Morgan fingerprint density at radius 1 is 1.20 bits per heavy atom. The number of aromatic nitrogens is 1. The molecule has 1 saturated heterocycles. The van der Waals surface area contributed by atoms with Gasteiger partial charge in [0.25, 0.3) is 0 Å². The first-order valence-electron chi connectivity index (χ1n) is 6.49. The molecule has 2 aromatic rings. The fourth-order valence-electron chi connectivity index (χ4n) is 2.17. The summed E-state index contributed by atoms with van der Waals surface area (Å²) in [4.78, 5) is 4.28. The van der Waals surface area contributed by atoms with E-state index < -0.39 is 7.12 Å². The summed E-state index contributed by atoms with van der Waals surface area (Å²) in [5.74, 6) is 0. The fourth-order valence-corrected chi connectivity index (χ4v) is 3.06. The topological polar surface area (TPSA) is 55.1 Å². The second-order valence-corrected chi connectivity index (χ2v) is 6.91. The van der Waals surface area contributed by atoms with Gasteiger partial charge in [0, 0.05) is 5.46 Å². The van der Waals surface area contributed by atoms with Crippen molar-refractivity contribution in [2.75, 3.05) is 0 Å². The Labute approximate surface area is 122 Å². The van der Waals surface area contributed by atoms with Crippen LogP contribution < -0.4 is 5.46 Å². The Kier molecular flexibility index (Phi) is 2.91. The smallest absolute Gasteiger partial charge is 0.399 e. The van der Waals surface area contributed by atoms with Crippen molar-refractivity contribution in [3.05, 3.63) is 23.2 Å². The highest BCUT2D eigenvalue weighted by atomic mass is 32.1. The van der Waals surface area contributed by atoms with Gasteiger partial charge in [-0.05, 0) is 33.8 Å². The van der Waals surface area contributed by atoms with Crippen molar-refractivity contribution in [1.29, 1.82) is 5.26 Å². The lowest BCUT2D eigenvalue weighted by molar-refractivity contribution is 0.00578. The van der Waals surface area contributed by atoms with Gasteiger partial charge in [-0.25, -0.2) is 4.98 Å².